The Morgan fingerprint density at radius 3 is 2.38 bits per heavy atom. The summed E-state index contributed by atoms with van der Waals surface area (Å²) in [4.78, 5) is 30.4. The Labute approximate surface area is 132 Å². The highest BCUT2D eigenvalue weighted by atomic mass is 32.2. The van der Waals surface area contributed by atoms with Gasteiger partial charge in [0.05, 0.1) is 12.3 Å². The number of piperazine rings is 1. The Morgan fingerprint density at radius 1 is 1.05 bits per heavy atom. The van der Waals surface area contributed by atoms with Gasteiger partial charge in [0, 0.05) is 38.8 Å². The van der Waals surface area contributed by atoms with Crippen LogP contribution in [0.15, 0.2) is 0 Å². The zero-order valence-electron chi connectivity index (χ0n) is 13.2. The van der Waals surface area contributed by atoms with Gasteiger partial charge in [0.25, 0.3) is 0 Å². The Bertz CT molecular complexity index is 370. The molecule has 0 radical (unpaired) electrons. The number of nitrogens with zero attached hydrogens (tertiary/aromatic N) is 3. The molecule has 0 saturated carbocycles. The van der Waals surface area contributed by atoms with Crippen molar-refractivity contribution in [3.63, 3.8) is 0 Å². The van der Waals surface area contributed by atoms with Gasteiger partial charge in [-0.25, -0.2) is 0 Å². The van der Waals surface area contributed by atoms with Crippen LogP contribution in [0.3, 0.4) is 0 Å². The van der Waals surface area contributed by atoms with Gasteiger partial charge in [0.15, 0.2) is 0 Å². The standard InChI is InChI=1S/C15H27N3O2S/c1-13-5-3-4-6-18(13)14(19)11-16-7-9-17(10-8-16)15(20)12-21-2/h13H,3-12H2,1-2H3. The van der Waals surface area contributed by atoms with E-state index in [0.29, 0.717) is 18.3 Å². The van der Waals surface area contributed by atoms with E-state index in [0.717, 1.165) is 45.6 Å². The number of rotatable bonds is 4. The van der Waals surface area contributed by atoms with Crippen molar-refractivity contribution in [2.45, 2.75) is 32.2 Å². The minimum atomic E-state index is 0.220. The van der Waals surface area contributed by atoms with Gasteiger partial charge >= 0.3 is 0 Å². The van der Waals surface area contributed by atoms with Crippen molar-refractivity contribution in [3.8, 4) is 0 Å². The average Bonchev–Trinajstić information content (AvgIpc) is 2.48. The van der Waals surface area contributed by atoms with Crippen LogP contribution in [-0.2, 0) is 9.59 Å². The van der Waals surface area contributed by atoms with Gasteiger partial charge in [-0.2, -0.15) is 11.8 Å². The van der Waals surface area contributed by atoms with Crippen LogP contribution in [0.25, 0.3) is 0 Å². The lowest BCUT2D eigenvalue weighted by Crippen LogP contribution is -2.53. The fraction of sp³-hybridized carbons (Fsp3) is 0.867. The molecule has 0 aliphatic carbocycles. The summed E-state index contributed by atoms with van der Waals surface area (Å²) >= 11 is 1.57. The Kier molecular flexibility index (Phi) is 6.36. The summed E-state index contributed by atoms with van der Waals surface area (Å²) in [5.41, 5.74) is 0. The molecular formula is C15H27N3O2S. The van der Waals surface area contributed by atoms with Gasteiger partial charge in [-0.15, -0.1) is 0 Å². The van der Waals surface area contributed by atoms with E-state index in [1.54, 1.807) is 11.8 Å². The van der Waals surface area contributed by atoms with Crippen LogP contribution in [0.4, 0.5) is 0 Å². The lowest BCUT2D eigenvalue weighted by Gasteiger charge is -2.38. The first-order valence-corrected chi connectivity index (χ1v) is 9.29. The van der Waals surface area contributed by atoms with Crippen molar-refractivity contribution in [1.29, 1.82) is 0 Å². The molecule has 2 rings (SSSR count). The highest BCUT2D eigenvalue weighted by Crippen LogP contribution is 2.17. The first-order chi connectivity index (χ1) is 10.1. The summed E-state index contributed by atoms with van der Waals surface area (Å²) in [6.45, 7) is 6.70. The molecule has 5 nitrogen and oxygen atoms in total. The molecule has 2 heterocycles. The van der Waals surface area contributed by atoms with Crippen molar-refractivity contribution in [2.24, 2.45) is 0 Å². The number of hydrogen-bond acceptors (Lipinski definition) is 4. The molecule has 0 aromatic heterocycles. The quantitative estimate of drug-likeness (QED) is 0.773. The normalized spacial score (nSPS) is 24.2. The monoisotopic (exact) mass is 313 g/mol. The van der Waals surface area contributed by atoms with Crippen molar-refractivity contribution in [2.75, 3.05) is 51.3 Å². The molecule has 21 heavy (non-hydrogen) atoms. The van der Waals surface area contributed by atoms with Crippen LogP contribution >= 0.6 is 11.8 Å². The molecule has 2 aliphatic heterocycles. The molecule has 120 valence electrons. The summed E-state index contributed by atoms with van der Waals surface area (Å²) in [6.07, 6.45) is 5.45. The third-order valence-electron chi connectivity index (χ3n) is 4.47. The third-order valence-corrected chi connectivity index (χ3v) is 5.01. The second kappa shape index (κ2) is 8.03. The zero-order chi connectivity index (χ0) is 15.2. The van der Waals surface area contributed by atoms with Gasteiger partial charge in [-0.1, -0.05) is 0 Å². The third kappa shape index (κ3) is 4.61. The molecule has 0 spiro atoms. The second-order valence-electron chi connectivity index (χ2n) is 6.02. The second-order valence-corrected chi connectivity index (χ2v) is 6.89. The number of hydrogen-bond donors (Lipinski definition) is 0. The van der Waals surface area contributed by atoms with Gasteiger partial charge in [-0.3, -0.25) is 14.5 Å². The molecule has 2 saturated heterocycles. The lowest BCUT2D eigenvalue weighted by molar-refractivity contribution is -0.136. The maximum Gasteiger partial charge on any atom is 0.236 e. The van der Waals surface area contributed by atoms with E-state index >= 15 is 0 Å². The van der Waals surface area contributed by atoms with Crippen molar-refractivity contribution >= 4 is 23.6 Å². The zero-order valence-corrected chi connectivity index (χ0v) is 14.0. The van der Waals surface area contributed by atoms with Crippen molar-refractivity contribution in [1.82, 2.24) is 14.7 Å². The Hall–Kier alpha value is -0.750. The fourth-order valence-electron chi connectivity index (χ4n) is 3.12. The SMILES string of the molecule is CSCC(=O)N1CCN(CC(=O)N2CCCCC2C)CC1. The van der Waals surface area contributed by atoms with E-state index < -0.39 is 0 Å². The number of carbonyl (C=O) groups excluding carboxylic acids is 2. The number of likely N-dealkylation sites (tertiary alicyclic amines) is 1. The van der Waals surface area contributed by atoms with E-state index in [9.17, 15) is 9.59 Å². The van der Waals surface area contributed by atoms with Crippen LogP contribution < -0.4 is 0 Å². The van der Waals surface area contributed by atoms with E-state index in [4.69, 9.17) is 0 Å². The summed E-state index contributed by atoms with van der Waals surface area (Å²) < 4.78 is 0. The highest BCUT2D eigenvalue weighted by molar-refractivity contribution is 7.99. The molecule has 0 N–H and O–H groups in total. The molecule has 0 aromatic rings. The number of amides is 2. The van der Waals surface area contributed by atoms with Crippen LogP contribution in [-0.4, -0.2) is 83.8 Å². The maximum atomic E-state index is 12.4. The summed E-state index contributed by atoms with van der Waals surface area (Å²) in [6, 6.07) is 0.385. The average molecular weight is 313 g/mol. The highest BCUT2D eigenvalue weighted by Gasteiger charge is 2.27. The molecule has 2 fully saturated rings. The first kappa shape index (κ1) is 16.6. The molecule has 0 aromatic carbocycles. The smallest absolute Gasteiger partial charge is 0.236 e. The summed E-state index contributed by atoms with van der Waals surface area (Å²) in [7, 11) is 0. The minimum Gasteiger partial charge on any atom is -0.339 e. The van der Waals surface area contributed by atoms with Crippen LogP contribution in [0.2, 0.25) is 0 Å². The number of piperidine rings is 1. The van der Waals surface area contributed by atoms with Crippen LogP contribution in [0.5, 0.6) is 0 Å². The van der Waals surface area contributed by atoms with Crippen LogP contribution in [0.1, 0.15) is 26.2 Å². The number of thioether (sulfide) groups is 1. The Balaban J connectivity index is 1.75. The molecule has 2 amide bonds. The topological polar surface area (TPSA) is 43.9 Å². The van der Waals surface area contributed by atoms with Gasteiger partial charge in [0.2, 0.25) is 11.8 Å². The van der Waals surface area contributed by atoms with Gasteiger partial charge in [-0.05, 0) is 32.4 Å². The molecule has 1 unspecified atom stereocenters. The summed E-state index contributed by atoms with van der Waals surface area (Å²) in [5.74, 6) is 1.04. The van der Waals surface area contributed by atoms with E-state index in [-0.39, 0.29) is 11.8 Å². The van der Waals surface area contributed by atoms with Gasteiger partial charge < -0.3 is 9.80 Å². The predicted molar refractivity (Wildman–Crippen MR) is 86.4 cm³/mol. The minimum absolute atomic E-state index is 0.220. The molecule has 1 atom stereocenters. The fourth-order valence-corrected chi connectivity index (χ4v) is 3.55. The van der Waals surface area contributed by atoms with E-state index in [1.165, 1.54) is 6.42 Å². The van der Waals surface area contributed by atoms with Crippen LogP contribution in [0, 0.1) is 0 Å². The predicted octanol–water partition coefficient (Wildman–Crippen LogP) is 0.895. The molecular weight excluding hydrogens is 286 g/mol. The van der Waals surface area contributed by atoms with E-state index in [1.807, 2.05) is 16.1 Å². The van der Waals surface area contributed by atoms with Crippen molar-refractivity contribution in [3.05, 3.63) is 0 Å². The number of carbonyl (C=O) groups is 2. The largest absolute Gasteiger partial charge is 0.339 e. The summed E-state index contributed by atoms with van der Waals surface area (Å²) in [5, 5.41) is 0. The lowest BCUT2D eigenvalue weighted by atomic mass is 10.0. The van der Waals surface area contributed by atoms with E-state index in [2.05, 4.69) is 11.8 Å². The molecule has 0 bridgehead atoms. The van der Waals surface area contributed by atoms with Crippen molar-refractivity contribution < 1.29 is 9.59 Å². The first-order valence-electron chi connectivity index (χ1n) is 7.90. The molecule has 2 aliphatic rings. The van der Waals surface area contributed by atoms with Gasteiger partial charge in [0.1, 0.15) is 0 Å². The molecule has 6 heteroatoms. The maximum absolute atomic E-state index is 12.4. The Morgan fingerprint density at radius 2 is 1.76 bits per heavy atom.